The number of hydrogen-bond donors (Lipinski definition) is 2. The van der Waals surface area contributed by atoms with Gasteiger partial charge in [-0.25, -0.2) is 28.9 Å². The van der Waals surface area contributed by atoms with Crippen LogP contribution >= 0.6 is 22.5 Å². The monoisotopic (exact) mass is 507 g/mol. The van der Waals surface area contributed by atoms with Crippen LogP contribution in [0.5, 0.6) is 0 Å². The Balaban J connectivity index is 1.60. The first-order chi connectivity index (χ1) is 15.5. The summed E-state index contributed by atoms with van der Waals surface area (Å²) in [6, 6.07) is 0. The van der Waals surface area contributed by atoms with Gasteiger partial charge in [0.25, 0.3) is 0 Å². The van der Waals surface area contributed by atoms with E-state index in [9.17, 15) is 9.59 Å². The molecule has 5 aliphatic rings. The first-order valence-corrected chi connectivity index (χ1v) is 16.1. The lowest BCUT2D eigenvalue weighted by Crippen LogP contribution is -2.32. The maximum atomic E-state index is 12.3. The zero-order valence-corrected chi connectivity index (χ0v) is 21.3. The van der Waals surface area contributed by atoms with Gasteiger partial charge in [-0.2, -0.15) is 13.5 Å². The van der Waals surface area contributed by atoms with Gasteiger partial charge in [-0.1, -0.05) is 0 Å². The smallest absolute Gasteiger partial charge is 0.320 e. The minimum Gasteiger partial charge on any atom is -0.465 e. The second-order valence-electron chi connectivity index (χ2n) is 8.04. The standard InChI is InChI=1S/C16H32N9O4P3/c1-3-28-15(26)13-17-30(18-14-16(27)29-4-2)19-31(22-5-6-22,23-7-8-23)21-32(20-30,24-9-10-24)25-11-12-25/h17-18H,3-14H2,1-2H3. The Labute approximate surface area is 188 Å². The number of carbonyl (C=O) groups excluding carboxylic acids is 2. The summed E-state index contributed by atoms with van der Waals surface area (Å²) in [5, 5.41) is 6.66. The molecule has 2 N–H and O–H groups in total. The lowest BCUT2D eigenvalue weighted by atomic mass is 10.7. The molecule has 5 aliphatic heterocycles. The van der Waals surface area contributed by atoms with E-state index in [1.165, 1.54) is 0 Å². The molecular weight excluding hydrogens is 475 g/mol. The van der Waals surface area contributed by atoms with Gasteiger partial charge >= 0.3 is 11.9 Å². The highest BCUT2D eigenvalue weighted by molar-refractivity contribution is 7.83. The number of rotatable bonds is 12. The Kier molecular flexibility index (Phi) is 6.42. The van der Waals surface area contributed by atoms with E-state index < -0.39 is 22.5 Å². The molecule has 0 aromatic rings. The van der Waals surface area contributed by atoms with Crippen LogP contribution in [0.4, 0.5) is 0 Å². The van der Waals surface area contributed by atoms with Gasteiger partial charge in [0.15, 0.2) is 0 Å². The van der Waals surface area contributed by atoms with Gasteiger partial charge in [-0.05, 0) is 13.8 Å². The van der Waals surface area contributed by atoms with Crippen molar-refractivity contribution in [1.82, 2.24) is 28.9 Å². The van der Waals surface area contributed by atoms with Crippen molar-refractivity contribution in [2.75, 3.05) is 78.7 Å². The molecular formula is C16H32N9O4P3. The topological polar surface area (TPSA) is 126 Å². The third kappa shape index (κ3) is 4.65. The molecule has 0 aromatic carbocycles. The molecule has 0 spiro atoms. The van der Waals surface area contributed by atoms with E-state index in [4.69, 9.17) is 23.0 Å². The highest BCUT2D eigenvalue weighted by Crippen LogP contribution is 2.83. The zero-order valence-electron chi connectivity index (χ0n) is 18.6. The van der Waals surface area contributed by atoms with Gasteiger partial charge in [0.05, 0.1) is 13.2 Å². The van der Waals surface area contributed by atoms with E-state index in [-0.39, 0.29) is 25.0 Å². The fraction of sp³-hybridized carbons (Fsp3) is 0.875. The number of nitrogens with one attached hydrogen (secondary N) is 2. The number of esters is 2. The molecule has 5 heterocycles. The molecule has 0 amide bonds. The van der Waals surface area contributed by atoms with E-state index in [0.717, 1.165) is 52.4 Å². The van der Waals surface area contributed by atoms with E-state index in [1.54, 1.807) is 13.8 Å². The zero-order chi connectivity index (χ0) is 22.4. The fourth-order valence-corrected chi connectivity index (χ4v) is 17.7. The summed E-state index contributed by atoms with van der Waals surface area (Å²) in [6.07, 6.45) is 0. The van der Waals surface area contributed by atoms with Crippen molar-refractivity contribution in [2.24, 2.45) is 13.5 Å². The number of carbonyl (C=O) groups is 2. The summed E-state index contributed by atoms with van der Waals surface area (Å²) < 4.78 is 35.9. The van der Waals surface area contributed by atoms with Crippen LogP contribution in [0.3, 0.4) is 0 Å². The number of ether oxygens (including phenoxy) is 2. The van der Waals surface area contributed by atoms with Crippen molar-refractivity contribution in [3.8, 4) is 0 Å². The molecule has 4 saturated heterocycles. The SMILES string of the molecule is CCOC(=O)CNP1(NCC(=O)OCC)=NP(N2CC2)(N2CC2)=NP(N2CC2)(N2CC2)=N1. The maximum Gasteiger partial charge on any atom is 0.320 e. The Hall–Kier alpha value is -0.610. The molecule has 0 aliphatic carbocycles. The lowest BCUT2D eigenvalue weighted by molar-refractivity contribution is -0.142. The van der Waals surface area contributed by atoms with Crippen molar-refractivity contribution in [3.05, 3.63) is 0 Å². The van der Waals surface area contributed by atoms with Crippen LogP contribution in [-0.4, -0.2) is 109 Å². The van der Waals surface area contributed by atoms with Crippen molar-refractivity contribution >= 4 is 34.5 Å². The summed E-state index contributed by atoms with van der Waals surface area (Å²) in [4.78, 5) is 24.5. The van der Waals surface area contributed by atoms with Gasteiger partial charge in [-0.15, -0.1) is 0 Å². The van der Waals surface area contributed by atoms with Crippen molar-refractivity contribution in [3.63, 3.8) is 0 Å². The van der Waals surface area contributed by atoms with Crippen LogP contribution in [0, 0.1) is 0 Å². The number of hydrogen-bond acceptors (Lipinski definition) is 13. The quantitative estimate of drug-likeness (QED) is 0.228. The number of nitrogens with zero attached hydrogens (tertiary/aromatic N) is 7. The van der Waals surface area contributed by atoms with Crippen molar-refractivity contribution in [2.45, 2.75) is 13.8 Å². The predicted molar refractivity (Wildman–Crippen MR) is 124 cm³/mol. The molecule has 0 radical (unpaired) electrons. The van der Waals surface area contributed by atoms with E-state index >= 15 is 0 Å². The molecule has 0 atom stereocenters. The summed E-state index contributed by atoms with van der Waals surface area (Å²) in [5.74, 6) is -0.718. The fourth-order valence-electron chi connectivity index (χ4n) is 3.58. The molecule has 5 rings (SSSR count). The van der Waals surface area contributed by atoms with E-state index in [2.05, 4.69) is 28.9 Å². The molecule has 4 fully saturated rings. The predicted octanol–water partition coefficient (Wildman–Crippen LogP) is 1.41. The first-order valence-electron chi connectivity index (χ1n) is 11.2. The Bertz CT molecular complexity index is 871. The Morgan fingerprint density at radius 1 is 0.688 bits per heavy atom. The molecule has 32 heavy (non-hydrogen) atoms. The molecule has 0 bridgehead atoms. The maximum absolute atomic E-state index is 12.3. The summed E-state index contributed by atoms with van der Waals surface area (Å²) >= 11 is 0. The highest BCUT2D eigenvalue weighted by Gasteiger charge is 2.56. The summed E-state index contributed by atoms with van der Waals surface area (Å²) in [7, 11) is -7.51. The largest absolute Gasteiger partial charge is 0.465 e. The third-order valence-corrected chi connectivity index (χ3v) is 17.2. The van der Waals surface area contributed by atoms with Crippen LogP contribution in [0.2, 0.25) is 0 Å². The van der Waals surface area contributed by atoms with Crippen LogP contribution in [0.1, 0.15) is 13.8 Å². The molecule has 16 heteroatoms. The van der Waals surface area contributed by atoms with Gasteiger partial charge in [0, 0.05) is 52.4 Å². The van der Waals surface area contributed by atoms with E-state index in [0.29, 0.717) is 13.2 Å². The molecule has 0 saturated carbocycles. The second kappa shape index (κ2) is 8.87. The van der Waals surface area contributed by atoms with Gasteiger partial charge in [-0.3, -0.25) is 9.59 Å². The van der Waals surface area contributed by atoms with Crippen molar-refractivity contribution in [1.29, 1.82) is 0 Å². The average Bonchev–Trinajstić information content (AvgIpc) is 3.57. The summed E-state index contributed by atoms with van der Waals surface area (Å²) in [5.41, 5.74) is 0. The minimum absolute atomic E-state index is 0.0234. The van der Waals surface area contributed by atoms with Gasteiger partial charge in [0.1, 0.15) is 13.1 Å². The van der Waals surface area contributed by atoms with Crippen molar-refractivity contribution < 1.29 is 19.1 Å². The summed E-state index contributed by atoms with van der Waals surface area (Å²) in [6.45, 7) is 11.9. The lowest BCUT2D eigenvalue weighted by Gasteiger charge is -2.38. The highest BCUT2D eigenvalue weighted by atomic mass is 31.3. The average molecular weight is 507 g/mol. The molecule has 180 valence electrons. The minimum atomic E-state index is -2.86. The van der Waals surface area contributed by atoms with Crippen LogP contribution in [-0.2, 0) is 19.1 Å². The van der Waals surface area contributed by atoms with E-state index in [1.807, 2.05) is 0 Å². The van der Waals surface area contributed by atoms with Crippen LogP contribution in [0.25, 0.3) is 0 Å². The Morgan fingerprint density at radius 2 is 1.06 bits per heavy atom. The third-order valence-electron chi connectivity index (χ3n) is 5.45. The first kappa shape index (κ1) is 23.1. The van der Waals surface area contributed by atoms with Gasteiger partial charge < -0.3 is 9.47 Å². The van der Waals surface area contributed by atoms with Gasteiger partial charge in [0.2, 0.25) is 22.5 Å². The Morgan fingerprint density at radius 3 is 1.41 bits per heavy atom. The van der Waals surface area contributed by atoms with Crippen LogP contribution < -0.4 is 10.2 Å². The molecule has 0 unspecified atom stereocenters. The van der Waals surface area contributed by atoms with Crippen LogP contribution in [0.15, 0.2) is 13.5 Å². The normalized spacial score (nSPS) is 27.4. The molecule has 0 aromatic heterocycles. The second-order valence-corrected chi connectivity index (χ2v) is 16.4. The molecule has 13 nitrogen and oxygen atoms in total.